The minimum Gasteiger partial charge on any atom is -0.381 e. The molecule has 0 aliphatic carbocycles. The number of halogens is 4. The Morgan fingerprint density at radius 2 is 2.10 bits per heavy atom. The maximum atomic E-state index is 13.3. The van der Waals surface area contributed by atoms with Gasteiger partial charge in [0.05, 0.1) is 12.2 Å². The lowest BCUT2D eigenvalue weighted by atomic mass is 9.88. The van der Waals surface area contributed by atoms with Crippen molar-refractivity contribution in [3.8, 4) is 0 Å². The number of benzene rings is 1. The van der Waals surface area contributed by atoms with Crippen molar-refractivity contribution in [1.29, 1.82) is 0 Å². The molecular formula is C14H17F4NO. The van der Waals surface area contributed by atoms with Crippen molar-refractivity contribution in [1.82, 2.24) is 5.32 Å². The molecule has 0 amide bonds. The van der Waals surface area contributed by atoms with Crippen LogP contribution in [0.5, 0.6) is 0 Å². The second-order valence-corrected chi connectivity index (χ2v) is 4.98. The van der Waals surface area contributed by atoms with Gasteiger partial charge in [0.2, 0.25) is 0 Å². The zero-order chi connectivity index (χ0) is 14.8. The van der Waals surface area contributed by atoms with Gasteiger partial charge in [0.25, 0.3) is 0 Å². The van der Waals surface area contributed by atoms with Crippen LogP contribution in [0, 0.1) is 11.7 Å². The van der Waals surface area contributed by atoms with Crippen molar-refractivity contribution in [2.45, 2.75) is 25.1 Å². The van der Waals surface area contributed by atoms with Gasteiger partial charge in [-0.1, -0.05) is 6.07 Å². The quantitative estimate of drug-likeness (QED) is 0.860. The second-order valence-electron chi connectivity index (χ2n) is 4.98. The van der Waals surface area contributed by atoms with Crippen LogP contribution in [-0.2, 0) is 10.9 Å². The molecule has 1 fully saturated rings. The fraction of sp³-hybridized carbons (Fsp3) is 0.571. The summed E-state index contributed by atoms with van der Waals surface area (Å²) in [6, 6.07) is 2.91. The van der Waals surface area contributed by atoms with Crippen LogP contribution < -0.4 is 5.32 Å². The van der Waals surface area contributed by atoms with Crippen molar-refractivity contribution in [2.75, 3.05) is 20.3 Å². The van der Waals surface area contributed by atoms with Crippen LogP contribution in [0.2, 0.25) is 0 Å². The zero-order valence-corrected chi connectivity index (χ0v) is 11.1. The van der Waals surface area contributed by atoms with E-state index in [0.717, 1.165) is 25.0 Å². The van der Waals surface area contributed by atoms with E-state index in [1.165, 1.54) is 6.07 Å². The maximum absolute atomic E-state index is 13.3. The first-order valence-corrected chi connectivity index (χ1v) is 6.55. The average molecular weight is 291 g/mol. The fourth-order valence-electron chi connectivity index (χ4n) is 2.66. The van der Waals surface area contributed by atoms with Crippen LogP contribution in [0.4, 0.5) is 17.6 Å². The smallest absolute Gasteiger partial charge is 0.381 e. The summed E-state index contributed by atoms with van der Waals surface area (Å²) < 4.78 is 56.9. The van der Waals surface area contributed by atoms with E-state index in [4.69, 9.17) is 4.74 Å². The van der Waals surface area contributed by atoms with Gasteiger partial charge in [-0.25, -0.2) is 4.39 Å². The van der Waals surface area contributed by atoms with Crippen LogP contribution in [-0.4, -0.2) is 20.3 Å². The molecule has 112 valence electrons. The first-order chi connectivity index (χ1) is 9.43. The Morgan fingerprint density at radius 1 is 1.35 bits per heavy atom. The van der Waals surface area contributed by atoms with E-state index in [9.17, 15) is 17.6 Å². The number of hydrogen-bond donors (Lipinski definition) is 1. The number of nitrogens with one attached hydrogen (secondary N) is 1. The summed E-state index contributed by atoms with van der Waals surface area (Å²) in [7, 11) is 1.69. The molecule has 2 unspecified atom stereocenters. The Balaban J connectivity index is 2.30. The average Bonchev–Trinajstić information content (AvgIpc) is 2.41. The van der Waals surface area contributed by atoms with Gasteiger partial charge in [-0.05, 0) is 37.6 Å². The topological polar surface area (TPSA) is 21.3 Å². The normalized spacial score (nSPS) is 21.8. The Bertz CT molecular complexity index is 455. The van der Waals surface area contributed by atoms with Gasteiger partial charge in [-0.3, -0.25) is 0 Å². The molecule has 0 spiro atoms. The van der Waals surface area contributed by atoms with E-state index in [1.54, 1.807) is 7.05 Å². The largest absolute Gasteiger partial charge is 0.419 e. The first kappa shape index (κ1) is 15.3. The molecule has 2 rings (SSSR count). The molecule has 1 saturated heterocycles. The highest BCUT2D eigenvalue weighted by Gasteiger charge is 2.35. The first-order valence-electron chi connectivity index (χ1n) is 6.55. The van der Waals surface area contributed by atoms with Crippen LogP contribution in [0.15, 0.2) is 18.2 Å². The van der Waals surface area contributed by atoms with Gasteiger partial charge in [0.1, 0.15) is 5.82 Å². The molecule has 1 aliphatic rings. The number of ether oxygens (including phenoxy) is 1. The Labute approximate surface area is 115 Å². The highest BCUT2D eigenvalue weighted by molar-refractivity contribution is 5.30. The van der Waals surface area contributed by atoms with E-state index < -0.39 is 17.6 Å². The molecule has 0 saturated carbocycles. The van der Waals surface area contributed by atoms with Crippen molar-refractivity contribution in [3.05, 3.63) is 35.1 Å². The molecule has 1 aromatic rings. The van der Waals surface area contributed by atoms with Gasteiger partial charge < -0.3 is 10.1 Å². The maximum Gasteiger partial charge on any atom is 0.419 e. The van der Waals surface area contributed by atoms with Gasteiger partial charge in [-0.2, -0.15) is 13.2 Å². The minimum absolute atomic E-state index is 0.0975. The van der Waals surface area contributed by atoms with E-state index in [-0.39, 0.29) is 12.0 Å². The van der Waals surface area contributed by atoms with Crippen LogP contribution in [0.1, 0.15) is 30.0 Å². The van der Waals surface area contributed by atoms with Crippen molar-refractivity contribution < 1.29 is 22.3 Å². The number of alkyl halides is 3. The van der Waals surface area contributed by atoms with Crippen LogP contribution in [0.3, 0.4) is 0 Å². The van der Waals surface area contributed by atoms with E-state index in [1.807, 2.05) is 0 Å². The van der Waals surface area contributed by atoms with E-state index >= 15 is 0 Å². The lowest BCUT2D eigenvalue weighted by molar-refractivity contribution is -0.140. The predicted octanol–water partition coefficient (Wildman–Crippen LogP) is 3.53. The van der Waals surface area contributed by atoms with Gasteiger partial charge in [-0.15, -0.1) is 0 Å². The molecule has 1 aromatic carbocycles. The van der Waals surface area contributed by atoms with Gasteiger partial charge in [0, 0.05) is 18.6 Å². The molecule has 1 heterocycles. The fourth-order valence-corrected chi connectivity index (χ4v) is 2.66. The Morgan fingerprint density at radius 3 is 2.65 bits per heavy atom. The molecule has 0 radical (unpaired) electrons. The van der Waals surface area contributed by atoms with Crippen LogP contribution in [0.25, 0.3) is 0 Å². The highest BCUT2D eigenvalue weighted by Crippen LogP contribution is 2.35. The number of rotatable bonds is 3. The summed E-state index contributed by atoms with van der Waals surface area (Å²) >= 11 is 0. The van der Waals surface area contributed by atoms with Gasteiger partial charge in [0.15, 0.2) is 0 Å². The molecule has 2 nitrogen and oxygen atoms in total. The molecular weight excluding hydrogens is 274 g/mol. The summed E-state index contributed by atoms with van der Waals surface area (Å²) in [4.78, 5) is 0. The summed E-state index contributed by atoms with van der Waals surface area (Å²) in [5, 5.41) is 3.02. The monoisotopic (exact) mass is 291 g/mol. The lowest BCUT2D eigenvalue weighted by Crippen LogP contribution is -2.31. The minimum atomic E-state index is -4.68. The second kappa shape index (κ2) is 6.10. The third-order valence-electron chi connectivity index (χ3n) is 3.63. The lowest BCUT2D eigenvalue weighted by Gasteiger charge is -2.30. The SMILES string of the molecule is CNC(c1ccc(F)c(C(F)(F)F)c1)C1CCCOC1. The molecule has 0 aromatic heterocycles. The third kappa shape index (κ3) is 3.30. The molecule has 6 heteroatoms. The van der Waals surface area contributed by atoms with Crippen molar-refractivity contribution in [2.24, 2.45) is 5.92 Å². The summed E-state index contributed by atoms with van der Waals surface area (Å²) in [5.74, 6) is -1.14. The summed E-state index contributed by atoms with van der Waals surface area (Å²) in [5.41, 5.74) is -0.774. The summed E-state index contributed by atoms with van der Waals surface area (Å²) in [6.07, 6.45) is -2.91. The Hall–Kier alpha value is -1.14. The van der Waals surface area contributed by atoms with Gasteiger partial charge >= 0.3 is 6.18 Å². The molecule has 0 bridgehead atoms. The molecule has 20 heavy (non-hydrogen) atoms. The zero-order valence-electron chi connectivity index (χ0n) is 11.1. The van der Waals surface area contributed by atoms with Crippen molar-refractivity contribution in [3.63, 3.8) is 0 Å². The third-order valence-corrected chi connectivity index (χ3v) is 3.63. The van der Waals surface area contributed by atoms with Crippen molar-refractivity contribution >= 4 is 0 Å². The molecule has 1 N–H and O–H groups in total. The molecule has 2 atom stereocenters. The standard InChI is InChI=1S/C14H17F4NO/c1-19-13(10-3-2-6-20-8-10)9-4-5-12(15)11(7-9)14(16,17)18/h4-5,7,10,13,19H,2-3,6,8H2,1H3. The number of hydrogen-bond acceptors (Lipinski definition) is 2. The molecule has 1 aliphatic heterocycles. The van der Waals surface area contributed by atoms with E-state index in [2.05, 4.69) is 5.32 Å². The highest BCUT2D eigenvalue weighted by atomic mass is 19.4. The predicted molar refractivity (Wildman–Crippen MR) is 66.7 cm³/mol. The van der Waals surface area contributed by atoms with E-state index in [0.29, 0.717) is 18.8 Å². The van der Waals surface area contributed by atoms with Crippen LogP contribution >= 0.6 is 0 Å². The Kier molecular flexibility index (Phi) is 4.65. The summed E-state index contributed by atoms with van der Waals surface area (Å²) in [6.45, 7) is 1.19.